The van der Waals surface area contributed by atoms with E-state index < -0.39 is 0 Å². The molecule has 1 atom stereocenters. The summed E-state index contributed by atoms with van der Waals surface area (Å²) in [5, 5.41) is 1.26. The standard InChI is InChI=1S/C17H18N2OS/c1-20-15-8-4-2-6-12(15)10-14(19-18)17-11-13-7-3-5-9-16(13)21-17/h2-9,11,14,19H,10,18H2,1H3. The van der Waals surface area contributed by atoms with Gasteiger partial charge in [0, 0.05) is 9.58 Å². The summed E-state index contributed by atoms with van der Waals surface area (Å²) in [5.41, 5.74) is 4.09. The molecule has 0 saturated heterocycles. The van der Waals surface area contributed by atoms with E-state index in [-0.39, 0.29) is 6.04 Å². The fourth-order valence-electron chi connectivity index (χ4n) is 2.51. The highest BCUT2D eigenvalue weighted by Gasteiger charge is 2.15. The average molecular weight is 298 g/mol. The molecule has 0 bridgehead atoms. The van der Waals surface area contributed by atoms with Crippen LogP contribution in [0.2, 0.25) is 0 Å². The van der Waals surface area contributed by atoms with Gasteiger partial charge in [-0.05, 0) is 35.6 Å². The molecule has 3 nitrogen and oxygen atoms in total. The van der Waals surface area contributed by atoms with Crippen LogP contribution in [0.15, 0.2) is 54.6 Å². The molecule has 4 heteroatoms. The van der Waals surface area contributed by atoms with Crippen LogP contribution in [0.1, 0.15) is 16.5 Å². The number of ether oxygens (including phenoxy) is 1. The molecule has 0 amide bonds. The monoisotopic (exact) mass is 298 g/mol. The maximum absolute atomic E-state index is 5.78. The van der Waals surface area contributed by atoms with Crippen molar-refractivity contribution in [3.8, 4) is 5.75 Å². The summed E-state index contributed by atoms with van der Waals surface area (Å²) >= 11 is 1.78. The minimum absolute atomic E-state index is 0.0821. The van der Waals surface area contributed by atoms with Gasteiger partial charge in [0.25, 0.3) is 0 Å². The first-order chi connectivity index (χ1) is 10.3. The lowest BCUT2D eigenvalue weighted by Crippen LogP contribution is -2.29. The highest BCUT2D eigenvalue weighted by Crippen LogP contribution is 2.32. The van der Waals surface area contributed by atoms with Crippen LogP contribution in [0.3, 0.4) is 0 Å². The number of methoxy groups -OCH3 is 1. The number of hydrogen-bond donors (Lipinski definition) is 2. The maximum atomic E-state index is 5.78. The van der Waals surface area contributed by atoms with Gasteiger partial charge in [0.05, 0.1) is 13.2 Å². The Kier molecular flexibility index (Phi) is 4.20. The fourth-order valence-corrected chi connectivity index (χ4v) is 3.63. The predicted octanol–water partition coefficient (Wildman–Crippen LogP) is 3.66. The van der Waals surface area contributed by atoms with Gasteiger partial charge < -0.3 is 4.74 Å². The molecule has 3 N–H and O–H groups in total. The summed E-state index contributed by atoms with van der Waals surface area (Å²) in [6.07, 6.45) is 0.799. The lowest BCUT2D eigenvalue weighted by molar-refractivity contribution is 0.406. The molecule has 2 aromatic carbocycles. The van der Waals surface area contributed by atoms with Crippen molar-refractivity contribution >= 4 is 21.4 Å². The summed E-state index contributed by atoms with van der Waals surface area (Å²) in [5.74, 6) is 6.68. The van der Waals surface area contributed by atoms with Crippen LogP contribution in [0, 0.1) is 0 Å². The van der Waals surface area contributed by atoms with E-state index in [1.807, 2.05) is 18.2 Å². The van der Waals surface area contributed by atoms with E-state index in [9.17, 15) is 0 Å². The topological polar surface area (TPSA) is 47.3 Å². The number of fused-ring (bicyclic) bond motifs is 1. The third-order valence-corrected chi connectivity index (χ3v) is 4.84. The number of benzene rings is 2. The second-order valence-electron chi connectivity index (χ2n) is 4.92. The van der Waals surface area contributed by atoms with Crippen LogP contribution >= 0.6 is 11.3 Å². The second-order valence-corrected chi connectivity index (χ2v) is 6.04. The van der Waals surface area contributed by atoms with Crippen molar-refractivity contribution in [3.05, 3.63) is 65.0 Å². The number of hydrazine groups is 1. The Morgan fingerprint density at radius 3 is 2.67 bits per heavy atom. The van der Waals surface area contributed by atoms with Gasteiger partial charge in [-0.1, -0.05) is 36.4 Å². The molecule has 0 aliphatic carbocycles. The number of nitrogens with two attached hydrogens (primary N) is 1. The van der Waals surface area contributed by atoms with Crippen LogP contribution in [0.5, 0.6) is 5.75 Å². The van der Waals surface area contributed by atoms with Crippen molar-refractivity contribution in [2.24, 2.45) is 5.84 Å². The van der Waals surface area contributed by atoms with Crippen molar-refractivity contribution in [2.45, 2.75) is 12.5 Å². The maximum Gasteiger partial charge on any atom is 0.122 e. The molecule has 3 aromatic rings. The second kappa shape index (κ2) is 6.26. The summed E-state index contributed by atoms with van der Waals surface area (Å²) in [6, 6.07) is 18.7. The smallest absolute Gasteiger partial charge is 0.122 e. The Morgan fingerprint density at radius 1 is 1.14 bits per heavy atom. The molecule has 108 valence electrons. The molecule has 1 heterocycles. The third-order valence-electron chi connectivity index (χ3n) is 3.61. The van der Waals surface area contributed by atoms with Gasteiger partial charge in [0.15, 0.2) is 0 Å². The summed E-state index contributed by atoms with van der Waals surface area (Å²) in [7, 11) is 1.70. The normalized spacial score (nSPS) is 12.5. The van der Waals surface area contributed by atoms with Gasteiger partial charge in [-0.3, -0.25) is 11.3 Å². The van der Waals surface area contributed by atoms with Crippen LogP contribution in [0.4, 0.5) is 0 Å². The largest absolute Gasteiger partial charge is 0.496 e. The van der Waals surface area contributed by atoms with Gasteiger partial charge in [-0.25, -0.2) is 0 Å². The van der Waals surface area contributed by atoms with E-state index in [0.29, 0.717) is 0 Å². The number of para-hydroxylation sites is 1. The Hall–Kier alpha value is -1.88. The first-order valence-electron chi connectivity index (χ1n) is 6.88. The van der Waals surface area contributed by atoms with E-state index >= 15 is 0 Å². The molecular weight excluding hydrogens is 280 g/mol. The molecule has 1 unspecified atom stereocenters. The van der Waals surface area contributed by atoms with Crippen molar-refractivity contribution in [2.75, 3.05) is 7.11 Å². The number of hydrogen-bond acceptors (Lipinski definition) is 4. The van der Waals surface area contributed by atoms with E-state index in [1.54, 1.807) is 18.4 Å². The predicted molar refractivity (Wildman–Crippen MR) is 88.6 cm³/mol. The molecule has 0 aliphatic heterocycles. The molecule has 0 aliphatic rings. The summed E-state index contributed by atoms with van der Waals surface area (Å²) in [4.78, 5) is 1.24. The van der Waals surface area contributed by atoms with Crippen LogP contribution < -0.4 is 16.0 Å². The highest BCUT2D eigenvalue weighted by molar-refractivity contribution is 7.19. The Labute approximate surface area is 128 Å². The number of rotatable bonds is 5. The summed E-state index contributed by atoms with van der Waals surface area (Å²) in [6.45, 7) is 0. The molecule has 0 spiro atoms. The number of thiophene rings is 1. The third kappa shape index (κ3) is 2.93. The van der Waals surface area contributed by atoms with E-state index in [4.69, 9.17) is 10.6 Å². The minimum atomic E-state index is 0.0821. The molecule has 3 rings (SSSR count). The Morgan fingerprint density at radius 2 is 1.90 bits per heavy atom. The van der Waals surface area contributed by atoms with E-state index in [2.05, 4.69) is 41.8 Å². The zero-order valence-corrected chi connectivity index (χ0v) is 12.7. The zero-order valence-electron chi connectivity index (χ0n) is 11.9. The lowest BCUT2D eigenvalue weighted by atomic mass is 10.0. The highest BCUT2D eigenvalue weighted by atomic mass is 32.1. The zero-order chi connectivity index (χ0) is 14.7. The molecule has 0 radical (unpaired) electrons. The van der Waals surface area contributed by atoms with Crippen molar-refractivity contribution in [1.29, 1.82) is 0 Å². The lowest BCUT2D eigenvalue weighted by Gasteiger charge is -2.16. The Bertz CT molecular complexity index is 705. The summed E-state index contributed by atoms with van der Waals surface area (Å²) < 4.78 is 6.71. The molecular formula is C17H18N2OS. The first kappa shape index (κ1) is 14.1. The molecule has 0 saturated carbocycles. The van der Waals surface area contributed by atoms with Crippen LogP contribution in [-0.2, 0) is 6.42 Å². The molecule has 1 aromatic heterocycles. The van der Waals surface area contributed by atoms with Crippen LogP contribution in [-0.4, -0.2) is 7.11 Å². The van der Waals surface area contributed by atoms with Crippen molar-refractivity contribution in [3.63, 3.8) is 0 Å². The Balaban J connectivity index is 1.91. The van der Waals surface area contributed by atoms with Crippen molar-refractivity contribution in [1.82, 2.24) is 5.43 Å². The molecule has 0 fully saturated rings. The average Bonchev–Trinajstić information content (AvgIpc) is 2.96. The molecule has 21 heavy (non-hydrogen) atoms. The van der Waals surface area contributed by atoms with Gasteiger partial charge >= 0.3 is 0 Å². The fraction of sp³-hybridized carbons (Fsp3) is 0.176. The van der Waals surface area contributed by atoms with E-state index in [1.165, 1.54) is 15.0 Å². The van der Waals surface area contributed by atoms with Gasteiger partial charge in [-0.2, -0.15) is 0 Å². The van der Waals surface area contributed by atoms with Gasteiger partial charge in [0.2, 0.25) is 0 Å². The van der Waals surface area contributed by atoms with Gasteiger partial charge in [0.1, 0.15) is 5.75 Å². The minimum Gasteiger partial charge on any atom is -0.496 e. The SMILES string of the molecule is COc1ccccc1CC(NN)c1cc2ccccc2s1. The number of nitrogens with one attached hydrogen (secondary N) is 1. The van der Waals surface area contributed by atoms with Crippen LogP contribution in [0.25, 0.3) is 10.1 Å². The first-order valence-corrected chi connectivity index (χ1v) is 7.70. The quantitative estimate of drug-likeness (QED) is 0.558. The van der Waals surface area contributed by atoms with Gasteiger partial charge in [-0.15, -0.1) is 11.3 Å². The van der Waals surface area contributed by atoms with Crippen molar-refractivity contribution < 1.29 is 4.74 Å². The van der Waals surface area contributed by atoms with E-state index in [0.717, 1.165) is 17.7 Å².